The van der Waals surface area contributed by atoms with Gasteiger partial charge in [-0.1, -0.05) is 24.3 Å². The monoisotopic (exact) mass is 507 g/mol. The van der Waals surface area contributed by atoms with Gasteiger partial charge in [0.1, 0.15) is 5.82 Å². The fraction of sp³-hybridized carbons (Fsp3) is 0.417. The second-order valence-corrected chi connectivity index (χ2v) is 8.33. The van der Waals surface area contributed by atoms with E-state index in [1.165, 1.54) is 18.4 Å². The van der Waals surface area contributed by atoms with Crippen molar-refractivity contribution in [1.82, 2.24) is 24.6 Å². The standard InChI is InChI=1S/C22H27N5O2.C2HF3O2/c1-29-16-20-4-2-11-26(20)15-17-5-7-18(8-6-17)22-24-19(14-21(28)25-22)9-13-27-12-3-10-23-27;3-2(4,5)1(6)7/h3,5-8,10,12,14,20H,2,4,9,11,13,15-16H2,1H3,(H,24,25,28);(H,6,7)/t20-;/m0./s1. The molecule has 194 valence electrons. The highest BCUT2D eigenvalue weighted by atomic mass is 19.4. The zero-order valence-electron chi connectivity index (χ0n) is 19.7. The molecule has 1 atom stereocenters. The molecule has 0 radical (unpaired) electrons. The Hall–Kier alpha value is -3.51. The number of rotatable bonds is 8. The molecule has 0 saturated carbocycles. The lowest BCUT2D eigenvalue weighted by Gasteiger charge is -2.23. The number of hydrogen-bond acceptors (Lipinski definition) is 6. The minimum absolute atomic E-state index is 0.131. The van der Waals surface area contributed by atoms with E-state index in [0.717, 1.165) is 31.0 Å². The van der Waals surface area contributed by atoms with Crippen LogP contribution in [0, 0.1) is 0 Å². The minimum Gasteiger partial charge on any atom is -0.475 e. The van der Waals surface area contributed by atoms with Gasteiger partial charge in [0, 0.05) is 56.7 Å². The Morgan fingerprint density at radius 3 is 2.61 bits per heavy atom. The number of aliphatic carboxylic acids is 1. The van der Waals surface area contributed by atoms with Gasteiger partial charge in [-0.25, -0.2) is 9.78 Å². The highest BCUT2D eigenvalue weighted by molar-refractivity contribution is 5.73. The highest BCUT2D eigenvalue weighted by Gasteiger charge is 2.38. The van der Waals surface area contributed by atoms with E-state index in [1.54, 1.807) is 19.4 Å². The Bertz CT molecular complexity index is 1160. The molecule has 1 saturated heterocycles. The Balaban J connectivity index is 0.000000454. The Labute approximate surface area is 205 Å². The Kier molecular flexibility index (Phi) is 9.37. The topological polar surface area (TPSA) is 113 Å². The molecule has 1 aromatic carbocycles. The average Bonchev–Trinajstić information content (AvgIpc) is 3.50. The van der Waals surface area contributed by atoms with Gasteiger partial charge in [0.15, 0.2) is 0 Å². The van der Waals surface area contributed by atoms with Crippen LogP contribution in [-0.4, -0.2) is 68.2 Å². The van der Waals surface area contributed by atoms with Gasteiger partial charge >= 0.3 is 12.1 Å². The first kappa shape index (κ1) is 27.1. The van der Waals surface area contributed by atoms with E-state index in [1.807, 2.05) is 29.1 Å². The van der Waals surface area contributed by atoms with Gasteiger partial charge in [-0.05, 0) is 31.0 Å². The molecule has 2 aromatic heterocycles. The van der Waals surface area contributed by atoms with Gasteiger partial charge in [-0.3, -0.25) is 14.4 Å². The molecule has 0 aliphatic carbocycles. The van der Waals surface area contributed by atoms with Crippen molar-refractivity contribution in [2.24, 2.45) is 0 Å². The SMILES string of the molecule is COC[C@@H]1CCCN1Cc1ccc(-c2nc(CCn3cccn3)cc(=O)[nH]2)cc1.O=C(O)C(F)(F)F. The summed E-state index contributed by atoms with van der Waals surface area (Å²) in [5.74, 6) is -2.15. The summed E-state index contributed by atoms with van der Waals surface area (Å²) in [5.41, 5.74) is 2.81. The maximum absolute atomic E-state index is 12.1. The summed E-state index contributed by atoms with van der Waals surface area (Å²) in [6.07, 6.45) is 1.65. The molecule has 3 aromatic rings. The predicted molar refractivity (Wildman–Crippen MR) is 125 cm³/mol. The van der Waals surface area contributed by atoms with Crippen LogP contribution in [0.5, 0.6) is 0 Å². The van der Waals surface area contributed by atoms with Crippen molar-refractivity contribution < 1.29 is 27.8 Å². The van der Waals surface area contributed by atoms with Crippen molar-refractivity contribution >= 4 is 5.97 Å². The van der Waals surface area contributed by atoms with Crippen LogP contribution in [0.3, 0.4) is 0 Å². The number of aromatic amines is 1. The van der Waals surface area contributed by atoms with Crippen LogP contribution in [0.4, 0.5) is 13.2 Å². The van der Waals surface area contributed by atoms with Crippen LogP contribution >= 0.6 is 0 Å². The van der Waals surface area contributed by atoms with Crippen LogP contribution in [0.2, 0.25) is 0 Å². The van der Waals surface area contributed by atoms with Crippen LogP contribution in [0.1, 0.15) is 24.1 Å². The average molecular weight is 508 g/mol. The van der Waals surface area contributed by atoms with Gasteiger partial charge in [-0.15, -0.1) is 0 Å². The van der Waals surface area contributed by atoms with Crippen molar-refractivity contribution in [3.8, 4) is 11.4 Å². The van der Waals surface area contributed by atoms with E-state index >= 15 is 0 Å². The number of likely N-dealkylation sites (tertiary alicyclic amines) is 1. The van der Waals surface area contributed by atoms with Gasteiger partial charge in [-0.2, -0.15) is 18.3 Å². The number of aryl methyl sites for hydroxylation is 2. The van der Waals surface area contributed by atoms with E-state index in [4.69, 9.17) is 14.6 Å². The lowest BCUT2D eigenvalue weighted by Crippen LogP contribution is -2.32. The first-order valence-corrected chi connectivity index (χ1v) is 11.4. The zero-order valence-corrected chi connectivity index (χ0v) is 19.7. The fourth-order valence-corrected chi connectivity index (χ4v) is 3.92. The number of aromatic nitrogens is 4. The molecular formula is C24H28F3N5O4. The lowest BCUT2D eigenvalue weighted by atomic mass is 10.1. The van der Waals surface area contributed by atoms with Gasteiger partial charge in [0.2, 0.25) is 0 Å². The van der Waals surface area contributed by atoms with E-state index in [9.17, 15) is 18.0 Å². The predicted octanol–water partition coefficient (Wildman–Crippen LogP) is 3.12. The number of methoxy groups -OCH3 is 1. The number of hydrogen-bond donors (Lipinski definition) is 2. The van der Waals surface area contributed by atoms with E-state index < -0.39 is 12.1 Å². The number of carbonyl (C=O) groups is 1. The first-order chi connectivity index (χ1) is 17.2. The second kappa shape index (κ2) is 12.5. The van der Waals surface area contributed by atoms with E-state index in [-0.39, 0.29) is 5.56 Å². The van der Waals surface area contributed by atoms with Crippen molar-refractivity contribution in [2.75, 3.05) is 20.3 Å². The third kappa shape index (κ3) is 8.02. The van der Waals surface area contributed by atoms with Crippen molar-refractivity contribution in [3.05, 3.63) is 70.4 Å². The first-order valence-electron chi connectivity index (χ1n) is 11.4. The summed E-state index contributed by atoms with van der Waals surface area (Å²) >= 11 is 0. The number of carboxylic acids is 1. The summed E-state index contributed by atoms with van der Waals surface area (Å²) in [6, 6.07) is 12.3. The summed E-state index contributed by atoms with van der Waals surface area (Å²) in [6.45, 7) is 3.51. The van der Waals surface area contributed by atoms with Crippen LogP contribution < -0.4 is 5.56 Å². The second-order valence-electron chi connectivity index (χ2n) is 8.33. The van der Waals surface area contributed by atoms with Crippen molar-refractivity contribution in [2.45, 2.75) is 44.6 Å². The number of H-pyrrole nitrogens is 1. The highest BCUT2D eigenvalue weighted by Crippen LogP contribution is 2.22. The smallest absolute Gasteiger partial charge is 0.475 e. The molecule has 12 heteroatoms. The number of nitrogens with zero attached hydrogens (tertiary/aromatic N) is 4. The van der Waals surface area contributed by atoms with E-state index in [0.29, 0.717) is 24.8 Å². The third-order valence-electron chi connectivity index (χ3n) is 5.66. The van der Waals surface area contributed by atoms with Crippen LogP contribution in [-0.2, 0) is 29.0 Å². The maximum atomic E-state index is 12.1. The molecule has 9 nitrogen and oxygen atoms in total. The Morgan fingerprint density at radius 2 is 2.00 bits per heavy atom. The fourth-order valence-electron chi connectivity index (χ4n) is 3.92. The lowest BCUT2D eigenvalue weighted by molar-refractivity contribution is -0.192. The van der Waals surface area contributed by atoms with E-state index in [2.05, 4.69) is 32.1 Å². The number of halogens is 3. The number of carboxylic acid groups (broad SMARTS) is 1. The number of nitrogens with one attached hydrogen (secondary N) is 1. The van der Waals surface area contributed by atoms with Crippen molar-refractivity contribution in [1.29, 1.82) is 0 Å². The molecule has 4 rings (SSSR count). The zero-order chi connectivity index (χ0) is 26.1. The van der Waals surface area contributed by atoms with Crippen LogP contribution in [0.25, 0.3) is 11.4 Å². The van der Waals surface area contributed by atoms with Crippen molar-refractivity contribution in [3.63, 3.8) is 0 Å². The Morgan fingerprint density at radius 1 is 1.28 bits per heavy atom. The third-order valence-corrected chi connectivity index (χ3v) is 5.66. The molecule has 3 heterocycles. The number of alkyl halides is 3. The molecule has 1 aliphatic rings. The largest absolute Gasteiger partial charge is 0.490 e. The molecule has 0 unspecified atom stereocenters. The normalized spacial score (nSPS) is 15.9. The summed E-state index contributed by atoms with van der Waals surface area (Å²) in [4.78, 5) is 31.0. The quantitative estimate of drug-likeness (QED) is 0.482. The molecule has 1 fully saturated rings. The summed E-state index contributed by atoms with van der Waals surface area (Å²) in [7, 11) is 1.77. The molecule has 0 spiro atoms. The molecular weight excluding hydrogens is 479 g/mol. The summed E-state index contributed by atoms with van der Waals surface area (Å²) < 4.78 is 38.9. The minimum atomic E-state index is -5.08. The van der Waals surface area contributed by atoms with Gasteiger partial charge in [0.05, 0.1) is 12.3 Å². The van der Waals surface area contributed by atoms with Gasteiger partial charge in [0.25, 0.3) is 5.56 Å². The molecule has 2 N–H and O–H groups in total. The number of ether oxygens (including phenoxy) is 1. The molecule has 1 aliphatic heterocycles. The van der Waals surface area contributed by atoms with Crippen LogP contribution in [0.15, 0.2) is 53.6 Å². The summed E-state index contributed by atoms with van der Waals surface area (Å²) in [5, 5.41) is 11.3. The van der Waals surface area contributed by atoms with Gasteiger partial charge < -0.3 is 14.8 Å². The maximum Gasteiger partial charge on any atom is 0.490 e. The molecule has 0 amide bonds. The number of benzene rings is 1. The molecule has 36 heavy (non-hydrogen) atoms. The molecule has 0 bridgehead atoms.